The molecule has 0 aromatic carbocycles. The van der Waals surface area contributed by atoms with Crippen LogP contribution in [0.15, 0.2) is 6.20 Å². The second kappa shape index (κ2) is 6.45. The predicted molar refractivity (Wildman–Crippen MR) is 84.2 cm³/mol. The first-order valence-electron chi connectivity index (χ1n) is 6.94. The number of unbranched alkanes of at least 4 members (excludes halogenated alkanes) is 1. The molecule has 0 saturated carbocycles. The van der Waals surface area contributed by atoms with E-state index in [0.717, 1.165) is 54.0 Å². The third kappa shape index (κ3) is 3.07. The van der Waals surface area contributed by atoms with Crippen LogP contribution >= 0.6 is 0 Å². The zero-order chi connectivity index (χ0) is 14.7. The van der Waals surface area contributed by atoms with Crippen LogP contribution in [0.5, 0.6) is 0 Å². The van der Waals surface area contributed by atoms with Crippen LogP contribution in [-0.2, 0) is 24.1 Å². The summed E-state index contributed by atoms with van der Waals surface area (Å²) in [6, 6.07) is 0. The number of hydrogen-bond donors (Lipinski definition) is 1. The van der Waals surface area contributed by atoms with Gasteiger partial charge in [0.1, 0.15) is 17.1 Å². The molecule has 2 N–H and O–H groups in total. The van der Waals surface area contributed by atoms with E-state index in [0.29, 0.717) is 5.82 Å². The Morgan fingerprint density at radius 1 is 1.40 bits per heavy atom. The van der Waals surface area contributed by atoms with E-state index in [1.54, 1.807) is 12.5 Å². The molecular formula is C14H22N4OS. The summed E-state index contributed by atoms with van der Waals surface area (Å²) in [6.07, 6.45) is 6.38. The van der Waals surface area contributed by atoms with Crippen molar-refractivity contribution in [3.05, 3.63) is 17.6 Å². The number of aryl methyl sites for hydroxylation is 3. The van der Waals surface area contributed by atoms with Gasteiger partial charge in [-0.05, 0) is 25.3 Å². The quantitative estimate of drug-likeness (QED) is 0.653. The standard InChI is InChI=1S/C14H22N4OS/c1-4-11-17-12-13(10(2)9-16-14(12)15)18(11)7-5-6-8-20(3)19/h9H,4-8H2,1-3H3,(H2,15,16). The Kier molecular flexibility index (Phi) is 4.88. The minimum absolute atomic E-state index is 0.494. The second-order valence-electron chi connectivity index (χ2n) is 5.04. The summed E-state index contributed by atoms with van der Waals surface area (Å²) in [5.74, 6) is 2.30. The zero-order valence-corrected chi connectivity index (χ0v) is 13.2. The summed E-state index contributed by atoms with van der Waals surface area (Å²) < 4.78 is 13.3. The van der Waals surface area contributed by atoms with E-state index in [2.05, 4.69) is 21.5 Å². The van der Waals surface area contributed by atoms with Crippen LogP contribution in [0.2, 0.25) is 0 Å². The largest absolute Gasteiger partial charge is 0.617 e. The molecule has 2 rings (SSSR count). The van der Waals surface area contributed by atoms with Crippen molar-refractivity contribution in [2.45, 2.75) is 39.7 Å². The average molecular weight is 294 g/mol. The van der Waals surface area contributed by atoms with Gasteiger partial charge in [-0.2, -0.15) is 0 Å². The fraction of sp³-hybridized carbons (Fsp3) is 0.571. The van der Waals surface area contributed by atoms with Crippen molar-refractivity contribution >= 4 is 28.0 Å². The molecule has 0 amide bonds. The van der Waals surface area contributed by atoms with E-state index in [1.165, 1.54) is 0 Å². The van der Waals surface area contributed by atoms with Gasteiger partial charge in [-0.3, -0.25) is 0 Å². The van der Waals surface area contributed by atoms with E-state index in [4.69, 9.17) is 5.73 Å². The monoisotopic (exact) mass is 294 g/mol. The normalized spacial score (nSPS) is 13.0. The molecule has 0 saturated heterocycles. The molecule has 5 nitrogen and oxygen atoms in total. The molecule has 1 unspecified atom stereocenters. The lowest BCUT2D eigenvalue weighted by molar-refractivity contribution is 0.585. The molecule has 2 aromatic rings. The Bertz CT molecular complexity index is 594. The molecule has 0 aliphatic rings. The molecular weight excluding hydrogens is 272 g/mol. The number of anilines is 1. The smallest absolute Gasteiger partial charge is 0.151 e. The number of hydrogen-bond acceptors (Lipinski definition) is 4. The number of nitrogen functional groups attached to an aromatic ring is 1. The van der Waals surface area contributed by atoms with Gasteiger partial charge in [0.05, 0.1) is 11.8 Å². The highest BCUT2D eigenvalue weighted by molar-refractivity contribution is 7.90. The number of pyridine rings is 1. The van der Waals surface area contributed by atoms with Gasteiger partial charge in [-0.15, -0.1) is 0 Å². The lowest BCUT2D eigenvalue weighted by atomic mass is 10.2. The van der Waals surface area contributed by atoms with Crippen molar-refractivity contribution in [3.8, 4) is 0 Å². The van der Waals surface area contributed by atoms with Crippen LogP contribution in [-0.4, -0.2) is 31.1 Å². The summed E-state index contributed by atoms with van der Waals surface area (Å²) in [5.41, 5.74) is 8.92. The van der Waals surface area contributed by atoms with Crippen molar-refractivity contribution in [2.75, 3.05) is 17.7 Å². The van der Waals surface area contributed by atoms with Crippen molar-refractivity contribution in [1.82, 2.24) is 14.5 Å². The summed E-state index contributed by atoms with van der Waals surface area (Å²) in [7, 11) is 0. The van der Waals surface area contributed by atoms with E-state index in [9.17, 15) is 4.55 Å². The van der Waals surface area contributed by atoms with E-state index < -0.39 is 11.2 Å². The Labute approximate surface area is 122 Å². The summed E-state index contributed by atoms with van der Waals surface area (Å²) in [6.45, 7) is 5.02. The van der Waals surface area contributed by atoms with Gasteiger partial charge in [0, 0.05) is 19.2 Å². The molecule has 1 atom stereocenters. The fourth-order valence-corrected chi connectivity index (χ4v) is 3.06. The molecule has 2 aromatic heterocycles. The summed E-state index contributed by atoms with van der Waals surface area (Å²) >= 11 is -0.711. The van der Waals surface area contributed by atoms with E-state index in [-0.39, 0.29) is 0 Å². The Morgan fingerprint density at radius 2 is 2.15 bits per heavy atom. The molecule has 110 valence electrons. The van der Waals surface area contributed by atoms with Crippen LogP contribution in [0.1, 0.15) is 31.2 Å². The third-order valence-electron chi connectivity index (χ3n) is 3.44. The summed E-state index contributed by atoms with van der Waals surface area (Å²) in [4.78, 5) is 8.80. The minimum atomic E-state index is -0.711. The van der Waals surface area contributed by atoms with Crippen molar-refractivity contribution in [3.63, 3.8) is 0 Å². The van der Waals surface area contributed by atoms with Crippen LogP contribution in [0.25, 0.3) is 11.0 Å². The molecule has 0 radical (unpaired) electrons. The van der Waals surface area contributed by atoms with Gasteiger partial charge < -0.3 is 14.9 Å². The molecule has 0 aliphatic carbocycles. The maximum atomic E-state index is 11.1. The van der Waals surface area contributed by atoms with Crippen LogP contribution in [0.4, 0.5) is 5.82 Å². The fourth-order valence-electron chi connectivity index (χ4n) is 2.45. The Hall–Kier alpha value is -1.27. The van der Waals surface area contributed by atoms with Crippen LogP contribution < -0.4 is 5.73 Å². The highest BCUT2D eigenvalue weighted by atomic mass is 32.2. The molecule has 20 heavy (non-hydrogen) atoms. The van der Waals surface area contributed by atoms with Gasteiger partial charge in [0.15, 0.2) is 5.82 Å². The molecule has 2 heterocycles. The number of aromatic nitrogens is 3. The number of nitrogens with two attached hydrogens (primary N) is 1. The van der Waals surface area contributed by atoms with Crippen molar-refractivity contribution in [2.24, 2.45) is 0 Å². The highest BCUT2D eigenvalue weighted by Crippen LogP contribution is 2.24. The molecule has 0 aliphatic heterocycles. The highest BCUT2D eigenvalue weighted by Gasteiger charge is 2.14. The lowest BCUT2D eigenvalue weighted by Gasteiger charge is -2.10. The van der Waals surface area contributed by atoms with Gasteiger partial charge in [0.25, 0.3) is 0 Å². The first-order valence-corrected chi connectivity index (χ1v) is 8.67. The Morgan fingerprint density at radius 3 is 2.80 bits per heavy atom. The number of rotatable bonds is 6. The van der Waals surface area contributed by atoms with Crippen molar-refractivity contribution < 1.29 is 4.55 Å². The zero-order valence-electron chi connectivity index (χ0n) is 12.3. The molecule has 0 bridgehead atoms. The molecule has 0 fully saturated rings. The van der Waals surface area contributed by atoms with Gasteiger partial charge in [-0.25, -0.2) is 9.97 Å². The SMILES string of the molecule is CCc1nc2c(N)ncc(C)c2n1CCCC[S+](C)[O-]. The maximum absolute atomic E-state index is 11.1. The van der Waals surface area contributed by atoms with Gasteiger partial charge >= 0.3 is 0 Å². The molecule has 0 spiro atoms. The van der Waals surface area contributed by atoms with Crippen molar-refractivity contribution in [1.29, 1.82) is 0 Å². The predicted octanol–water partition coefficient (Wildman–Crippen LogP) is 2.04. The van der Waals surface area contributed by atoms with Gasteiger partial charge in [-0.1, -0.05) is 18.1 Å². The summed E-state index contributed by atoms with van der Waals surface area (Å²) in [5, 5.41) is 0. The van der Waals surface area contributed by atoms with Crippen LogP contribution in [0.3, 0.4) is 0 Å². The number of nitrogens with zero attached hydrogens (tertiary/aromatic N) is 3. The van der Waals surface area contributed by atoms with E-state index in [1.807, 2.05) is 6.92 Å². The topological polar surface area (TPSA) is 79.8 Å². The van der Waals surface area contributed by atoms with Gasteiger partial charge in [0.2, 0.25) is 0 Å². The lowest BCUT2D eigenvalue weighted by Crippen LogP contribution is -2.07. The first-order chi connectivity index (χ1) is 9.54. The average Bonchev–Trinajstić information content (AvgIpc) is 2.79. The van der Waals surface area contributed by atoms with Crippen LogP contribution in [0, 0.1) is 6.92 Å². The second-order valence-corrected chi connectivity index (χ2v) is 6.60. The Balaban J connectivity index is 2.28. The first kappa shape index (κ1) is 15.1. The number of fused-ring (bicyclic) bond motifs is 1. The number of imidazole rings is 1. The van der Waals surface area contributed by atoms with E-state index >= 15 is 0 Å². The maximum Gasteiger partial charge on any atom is 0.151 e. The molecule has 6 heteroatoms. The minimum Gasteiger partial charge on any atom is -0.617 e. The third-order valence-corrected chi connectivity index (χ3v) is 4.30.